The van der Waals surface area contributed by atoms with Gasteiger partial charge in [-0.05, 0) is 12.5 Å². The first-order valence-electron chi connectivity index (χ1n) is 7.50. The van der Waals surface area contributed by atoms with Crippen molar-refractivity contribution in [3.05, 3.63) is 40.3 Å². The molecule has 1 aliphatic heterocycles. The Morgan fingerprint density at radius 2 is 2.00 bits per heavy atom. The van der Waals surface area contributed by atoms with E-state index in [0.29, 0.717) is 11.8 Å². The summed E-state index contributed by atoms with van der Waals surface area (Å²) < 4.78 is 27.6. The van der Waals surface area contributed by atoms with Gasteiger partial charge in [-0.15, -0.1) is 0 Å². The van der Waals surface area contributed by atoms with Crippen LogP contribution in [0.5, 0.6) is 0 Å². The Kier molecular flexibility index (Phi) is 4.53. The van der Waals surface area contributed by atoms with Crippen molar-refractivity contribution in [3.8, 4) is 0 Å². The molecule has 0 radical (unpaired) electrons. The lowest BCUT2D eigenvalue weighted by Crippen LogP contribution is -2.38. The van der Waals surface area contributed by atoms with Crippen molar-refractivity contribution in [2.75, 3.05) is 18.1 Å². The summed E-state index contributed by atoms with van der Waals surface area (Å²) in [4.78, 5) is 35.6. The molecule has 1 aromatic heterocycles. The lowest BCUT2D eigenvalue weighted by Gasteiger charge is -2.11. The molecule has 0 saturated carbocycles. The molecule has 0 spiro atoms. The minimum Gasteiger partial charge on any atom is -0.451 e. The van der Waals surface area contributed by atoms with Crippen LogP contribution in [0.3, 0.4) is 0 Å². The molecule has 25 heavy (non-hydrogen) atoms. The fraction of sp³-hybridized carbons (Fsp3) is 0.333. The van der Waals surface area contributed by atoms with Gasteiger partial charge in [0.2, 0.25) is 0 Å². The Morgan fingerprint density at radius 1 is 1.28 bits per heavy atom. The number of benzene rings is 1. The summed E-state index contributed by atoms with van der Waals surface area (Å²) in [5.41, 5.74) is -0.543. The maximum Gasteiger partial charge on any atom is 0.359 e. The zero-order valence-corrected chi connectivity index (χ0v) is 13.8. The number of rotatable bonds is 4. The highest BCUT2D eigenvalue weighted by Gasteiger charge is 2.29. The number of carbonyl (C=O) groups is 2. The van der Waals surface area contributed by atoms with Crippen LogP contribution in [-0.4, -0.2) is 54.6 Å². The predicted molar refractivity (Wildman–Crippen MR) is 87.8 cm³/mol. The molecule has 1 atom stereocenters. The number of sulfone groups is 1. The van der Waals surface area contributed by atoms with Gasteiger partial charge in [0.15, 0.2) is 22.1 Å². The van der Waals surface area contributed by atoms with E-state index in [4.69, 9.17) is 4.74 Å². The number of carbonyl (C=O) groups excluding carboxylic acids is 2. The molecule has 132 valence electrons. The quantitative estimate of drug-likeness (QED) is 0.690. The topological polar surface area (TPSA) is 135 Å². The molecule has 1 amide bonds. The van der Waals surface area contributed by atoms with Gasteiger partial charge in [-0.1, -0.05) is 18.2 Å². The van der Waals surface area contributed by atoms with Crippen molar-refractivity contribution >= 4 is 32.5 Å². The Hall–Kier alpha value is -2.75. The van der Waals surface area contributed by atoms with Gasteiger partial charge in [0.05, 0.1) is 16.9 Å². The van der Waals surface area contributed by atoms with Crippen LogP contribution in [0.1, 0.15) is 16.9 Å². The summed E-state index contributed by atoms with van der Waals surface area (Å²) >= 11 is 0. The first-order valence-corrected chi connectivity index (χ1v) is 9.32. The van der Waals surface area contributed by atoms with Gasteiger partial charge in [-0.3, -0.25) is 9.59 Å². The third-order valence-corrected chi connectivity index (χ3v) is 5.59. The molecule has 2 aromatic rings. The van der Waals surface area contributed by atoms with E-state index in [1.807, 2.05) is 0 Å². The number of H-pyrrole nitrogens is 1. The van der Waals surface area contributed by atoms with Gasteiger partial charge in [-0.2, -0.15) is 5.10 Å². The number of hydrogen-bond acceptors (Lipinski definition) is 7. The van der Waals surface area contributed by atoms with Crippen LogP contribution < -0.4 is 10.9 Å². The fourth-order valence-corrected chi connectivity index (χ4v) is 4.32. The first-order chi connectivity index (χ1) is 11.9. The van der Waals surface area contributed by atoms with E-state index in [0.717, 1.165) is 0 Å². The van der Waals surface area contributed by atoms with E-state index in [-0.39, 0.29) is 22.6 Å². The molecule has 2 heterocycles. The van der Waals surface area contributed by atoms with Crippen molar-refractivity contribution in [2.24, 2.45) is 0 Å². The predicted octanol–water partition coefficient (Wildman–Crippen LogP) is -0.617. The van der Waals surface area contributed by atoms with E-state index < -0.39 is 39.9 Å². The molecular weight excluding hydrogens is 350 g/mol. The molecule has 0 aliphatic carbocycles. The number of esters is 1. The molecule has 1 fully saturated rings. The number of aromatic nitrogens is 2. The highest BCUT2D eigenvalue weighted by Crippen LogP contribution is 2.13. The Bertz CT molecular complexity index is 998. The Morgan fingerprint density at radius 3 is 2.68 bits per heavy atom. The lowest BCUT2D eigenvalue weighted by atomic mass is 10.1. The second-order valence-electron chi connectivity index (χ2n) is 5.69. The van der Waals surface area contributed by atoms with Crippen molar-refractivity contribution in [3.63, 3.8) is 0 Å². The largest absolute Gasteiger partial charge is 0.451 e. The molecule has 9 nitrogen and oxygen atoms in total. The van der Waals surface area contributed by atoms with Gasteiger partial charge in [0, 0.05) is 11.4 Å². The molecule has 2 N–H and O–H groups in total. The first kappa shape index (κ1) is 17.1. The summed E-state index contributed by atoms with van der Waals surface area (Å²) in [6.45, 7) is -0.565. The average molecular weight is 365 g/mol. The monoisotopic (exact) mass is 365 g/mol. The second kappa shape index (κ2) is 6.63. The van der Waals surface area contributed by atoms with Crippen molar-refractivity contribution < 1.29 is 22.7 Å². The molecule has 0 unspecified atom stereocenters. The van der Waals surface area contributed by atoms with E-state index in [9.17, 15) is 22.8 Å². The lowest BCUT2D eigenvalue weighted by molar-refractivity contribution is -0.124. The molecule has 1 saturated heterocycles. The number of fused-ring (bicyclic) bond motifs is 1. The zero-order valence-electron chi connectivity index (χ0n) is 13.0. The van der Waals surface area contributed by atoms with Crippen LogP contribution in [0.25, 0.3) is 10.8 Å². The number of hydrogen-bond donors (Lipinski definition) is 2. The van der Waals surface area contributed by atoms with E-state index >= 15 is 0 Å². The third kappa shape index (κ3) is 3.85. The number of amides is 1. The van der Waals surface area contributed by atoms with Crippen LogP contribution in [0.15, 0.2) is 29.1 Å². The summed E-state index contributed by atoms with van der Waals surface area (Å²) in [5, 5.41) is 9.00. The highest BCUT2D eigenvalue weighted by molar-refractivity contribution is 7.91. The maximum absolute atomic E-state index is 12.1. The normalized spacial score (nSPS) is 18.8. The van der Waals surface area contributed by atoms with Crippen LogP contribution in [0, 0.1) is 0 Å². The third-order valence-electron chi connectivity index (χ3n) is 3.82. The zero-order chi connectivity index (χ0) is 18.0. The number of ether oxygens (including phenoxy) is 1. The maximum atomic E-state index is 12.1. The van der Waals surface area contributed by atoms with Crippen LogP contribution >= 0.6 is 0 Å². The van der Waals surface area contributed by atoms with Crippen molar-refractivity contribution in [1.82, 2.24) is 15.5 Å². The second-order valence-corrected chi connectivity index (χ2v) is 7.92. The van der Waals surface area contributed by atoms with Crippen LogP contribution in [0.2, 0.25) is 0 Å². The minimum absolute atomic E-state index is 0.0328. The summed E-state index contributed by atoms with van der Waals surface area (Å²) in [6, 6.07) is 5.92. The molecule has 1 aromatic carbocycles. The van der Waals surface area contributed by atoms with Crippen molar-refractivity contribution in [1.29, 1.82) is 0 Å². The van der Waals surface area contributed by atoms with Gasteiger partial charge >= 0.3 is 5.97 Å². The van der Waals surface area contributed by atoms with Crippen molar-refractivity contribution in [2.45, 2.75) is 12.5 Å². The number of nitrogens with one attached hydrogen (secondary N) is 2. The molecule has 3 rings (SSSR count). The highest BCUT2D eigenvalue weighted by atomic mass is 32.2. The summed E-state index contributed by atoms with van der Waals surface area (Å²) in [7, 11) is -3.11. The van der Waals surface area contributed by atoms with Crippen LogP contribution in [-0.2, 0) is 19.4 Å². The van der Waals surface area contributed by atoms with Gasteiger partial charge in [0.1, 0.15) is 0 Å². The average Bonchev–Trinajstić information content (AvgIpc) is 2.92. The Balaban J connectivity index is 1.64. The Labute approximate surface area is 142 Å². The molecule has 10 heteroatoms. The summed E-state index contributed by atoms with van der Waals surface area (Å²) in [5.74, 6) is -1.53. The fourth-order valence-electron chi connectivity index (χ4n) is 2.65. The molecule has 1 aliphatic rings. The van der Waals surface area contributed by atoms with E-state index in [1.165, 1.54) is 0 Å². The molecule has 0 bridgehead atoms. The van der Waals surface area contributed by atoms with E-state index in [1.54, 1.807) is 24.3 Å². The number of aromatic amines is 1. The number of nitrogens with zero attached hydrogens (tertiary/aromatic N) is 1. The van der Waals surface area contributed by atoms with Gasteiger partial charge in [0.25, 0.3) is 11.5 Å². The molecular formula is C15H15N3O6S. The summed E-state index contributed by atoms with van der Waals surface area (Å²) in [6.07, 6.45) is 0.341. The minimum atomic E-state index is -3.11. The SMILES string of the molecule is O=C(COC(=O)c1n[nH]c(=O)c2ccccc12)N[C@@H]1CCS(=O)(=O)C1. The van der Waals surface area contributed by atoms with Gasteiger partial charge in [-0.25, -0.2) is 18.3 Å². The van der Waals surface area contributed by atoms with Gasteiger partial charge < -0.3 is 10.1 Å². The smallest absolute Gasteiger partial charge is 0.359 e. The van der Waals surface area contributed by atoms with E-state index in [2.05, 4.69) is 15.5 Å². The van der Waals surface area contributed by atoms with Crippen LogP contribution in [0.4, 0.5) is 0 Å². The standard InChI is InChI=1S/C15H15N3O6S/c19-12(16-9-5-6-25(22,23)8-9)7-24-15(21)13-10-3-1-2-4-11(10)14(20)18-17-13/h1-4,9H,5-8H2,(H,16,19)(H,18,20)/t9-/m1/s1.